The lowest BCUT2D eigenvalue weighted by atomic mass is 9.96. The molecule has 0 fully saturated rings. The zero-order valence-electron chi connectivity index (χ0n) is 9.66. The lowest BCUT2D eigenvalue weighted by molar-refractivity contribution is -0.556. The van der Waals surface area contributed by atoms with Crippen LogP contribution in [0.4, 0.5) is 0 Å². The molecule has 1 heterocycles. The van der Waals surface area contributed by atoms with Crippen molar-refractivity contribution in [3.8, 4) is 0 Å². The first kappa shape index (κ1) is 11.9. The van der Waals surface area contributed by atoms with E-state index in [1.807, 2.05) is 0 Å². The van der Waals surface area contributed by atoms with Crippen LogP contribution in [0, 0.1) is 5.21 Å². The highest BCUT2D eigenvalue weighted by atomic mass is 16.5. The molecule has 1 amide bonds. The molecule has 0 atom stereocenters. The van der Waals surface area contributed by atoms with Crippen LogP contribution in [-0.4, -0.2) is 44.7 Å². The molecule has 0 unspecified atom stereocenters. The van der Waals surface area contributed by atoms with E-state index in [-0.39, 0.29) is 5.71 Å². The Morgan fingerprint density at radius 2 is 1.93 bits per heavy atom. The predicted molar refractivity (Wildman–Crippen MR) is 54.5 cm³/mol. The fourth-order valence-electron chi connectivity index (χ4n) is 1.92. The first-order chi connectivity index (χ1) is 6.67. The third-order valence-corrected chi connectivity index (χ3v) is 3.26. The number of nitrogens with zero attached hydrogens (tertiary/aromatic N) is 2. The summed E-state index contributed by atoms with van der Waals surface area (Å²) in [4.78, 5) is 13.2. The fourth-order valence-corrected chi connectivity index (χ4v) is 1.92. The standard InChI is InChI=1S/C9H17N3O3/c1-8(2)6(7(13)10-14)12(15)9(3,4)11(8)5/h14H,1-5H3,(H,10,13). The van der Waals surface area contributed by atoms with Crippen LogP contribution in [0.3, 0.4) is 0 Å². The van der Waals surface area contributed by atoms with E-state index in [9.17, 15) is 10.0 Å². The summed E-state index contributed by atoms with van der Waals surface area (Å²) in [7, 11) is 1.77. The van der Waals surface area contributed by atoms with Gasteiger partial charge in [-0.1, -0.05) is 0 Å². The van der Waals surface area contributed by atoms with Crippen molar-refractivity contribution in [2.75, 3.05) is 7.05 Å². The van der Waals surface area contributed by atoms with E-state index in [2.05, 4.69) is 0 Å². The van der Waals surface area contributed by atoms with Crippen LogP contribution in [-0.2, 0) is 4.79 Å². The highest BCUT2D eigenvalue weighted by Gasteiger charge is 2.57. The summed E-state index contributed by atoms with van der Waals surface area (Å²) in [6.45, 7) is 6.97. The van der Waals surface area contributed by atoms with Gasteiger partial charge >= 0.3 is 5.91 Å². The van der Waals surface area contributed by atoms with Crippen molar-refractivity contribution in [1.29, 1.82) is 0 Å². The highest BCUT2D eigenvalue weighted by Crippen LogP contribution is 2.32. The first-order valence-corrected chi connectivity index (χ1v) is 4.70. The third kappa shape index (κ3) is 1.40. The molecule has 1 aliphatic heterocycles. The van der Waals surface area contributed by atoms with Crippen LogP contribution in [0.15, 0.2) is 0 Å². The third-order valence-electron chi connectivity index (χ3n) is 3.26. The van der Waals surface area contributed by atoms with Gasteiger partial charge in [-0.2, -0.15) is 4.74 Å². The molecular weight excluding hydrogens is 198 g/mol. The topological polar surface area (TPSA) is 78.6 Å². The molecule has 1 rings (SSSR count). The minimum Gasteiger partial charge on any atom is -0.622 e. The number of hydroxylamine groups is 2. The summed E-state index contributed by atoms with van der Waals surface area (Å²) in [6, 6.07) is 0. The van der Waals surface area contributed by atoms with Crippen molar-refractivity contribution in [2.24, 2.45) is 0 Å². The summed E-state index contributed by atoms with van der Waals surface area (Å²) < 4.78 is 0.637. The lowest BCUT2D eigenvalue weighted by Crippen LogP contribution is -2.52. The van der Waals surface area contributed by atoms with E-state index in [4.69, 9.17) is 5.21 Å². The van der Waals surface area contributed by atoms with Crippen molar-refractivity contribution >= 4 is 11.6 Å². The number of rotatable bonds is 1. The molecule has 0 bridgehead atoms. The van der Waals surface area contributed by atoms with E-state index in [0.717, 1.165) is 0 Å². The van der Waals surface area contributed by atoms with Gasteiger partial charge in [0.2, 0.25) is 5.66 Å². The maximum atomic E-state index is 11.9. The predicted octanol–water partition coefficient (Wildman–Crippen LogP) is -0.0968. The van der Waals surface area contributed by atoms with Gasteiger partial charge in [0.1, 0.15) is 5.54 Å². The Bertz CT molecular complexity index is 333. The van der Waals surface area contributed by atoms with E-state index in [1.165, 1.54) is 5.48 Å². The number of hydrogen-bond acceptors (Lipinski definition) is 4. The van der Waals surface area contributed by atoms with Crippen LogP contribution in [0.2, 0.25) is 0 Å². The Morgan fingerprint density at radius 3 is 2.20 bits per heavy atom. The maximum Gasteiger partial charge on any atom is 0.337 e. The van der Waals surface area contributed by atoms with E-state index in [1.54, 1.807) is 39.6 Å². The van der Waals surface area contributed by atoms with Gasteiger partial charge in [0.25, 0.3) is 5.71 Å². The van der Waals surface area contributed by atoms with Gasteiger partial charge < -0.3 is 5.21 Å². The Kier molecular flexibility index (Phi) is 2.53. The maximum absolute atomic E-state index is 11.9. The number of hydrogen-bond donors (Lipinski definition) is 2. The molecule has 6 nitrogen and oxygen atoms in total. The summed E-state index contributed by atoms with van der Waals surface area (Å²) >= 11 is 0. The van der Waals surface area contributed by atoms with Gasteiger partial charge in [-0.25, -0.2) is 10.4 Å². The summed E-state index contributed by atoms with van der Waals surface area (Å²) in [6.07, 6.45) is 0. The molecule has 0 aromatic rings. The SMILES string of the molecule is CN1C(C)(C)C(C(=O)NO)=[N+]([O-])C1(C)C. The molecule has 0 aromatic carbocycles. The monoisotopic (exact) mass is 215 g/mol. The van der Waals surface area contributed by atoms with Gasteiger partial charge in [0.05, 0.1) is 0 Å². The highest BCUT2D eigenvalue weighted by molar-refractivity contribution is 6.40. The lowest BCUT2D eigenvalue weighted by Gasteiger charge is -2.32. The zero-order chi connectivity index (χ0) is 12.0. The molecule has 0 aromatic heterocycles. The van der Waals surface area contributed by atoms with Crippen molar-refractivity contribution in [3.63, 3.8) is 0 Å². The molecule has 0 saturated heterocycles. The van der Waals surface area contributed by atoms with Crippen LogP contribution in [0.1, 0.15) is 27.7 Å². The summed E-state index contributed by atoms with van der Waals surface area (Å²) in [5, 5.41) is 20.5. The number of carbonyl (C=O) groups excluding carboxylic acids is 1. The molecular formula is C9H17N3O3. The molecule has 6 heteroatoms. The van der Waals surface area contributed by atoms with Crippen molar-refractivity contribution in [3.05, 3.63) is 5.21 Å². The van der Waals surface area contributed by atoms with E-state index in [0.29, 0.717) is 4.74 Å². The van der Waals surface area contributed by atoms with Crippen LogP contribution >= 0.6 is 0 Å². The van der Waals surface area contributed by atoms with E-state index < -0.39 is 17.1 Å². The van der Waals surface area contributed by atoms with Crippen molar-refractivity contribution < 1.29 is 14.7 Å². The smallest absolute Gasteiger partial charge is 0.337 e. The van der Waals surface area contributed by atoms with Gasteiger partial charge in [-0.3, -0.25) is 10.0 Å². The summed E-state index contributed by atoms with van der Waals surface area (Å²) in [5.41, 5.74) is 0.00803. The van der Waals surface area contributed by atoms with E-state index >= 15 is 0 Å². The summed E-state index contributed by atoms with van der Waals surface area (Å²) in [5.74, 6) is -0.757. The van der Waals surface area contributed by atoms with Gasteiger partial charge in [-0.05, 0) is 20.9 Å². The second-order valence-corrected chi connectivity index (χ2v) is 4.70. The van der Waals surface area contributed by atoms with Gasteiger partial charge in [0.15, 0.2) is 0 Å². The number of nitrogens with one attached hydrogen (secondary N) is 1. The molecule has 0 radical (unpaired) electrons. The van der Waals surface area contributed by atoms with Gasteiger partial charge in [-0.15, -0.1) is 0 Å². The Balaban J connectivity index is 3.33. The minimum atomic E-state index is -0.800. The molecule has 2 N–H and O–H groups in total. The number of carbonyl (C=O) groups is 1. The zero-order valence-corrected chi connectivity index (χ0v) is 9.66. The van der Waals surface area contributed by atoms with Crippen LogP contribution < -0.4 is 5.48 Å². The molecule has 1 aliphatic rings. The molecule has 15 heavy (non-hydrogen) atoms. The Hall–Kier alpha value is -1.14. The van der Waals surface area contributed by atoms with Gasteiger partial charge in [0, 0.05) is 13.8 Å². The van der Waals surface area contributed by atoms with Crippen LogP contribution in [0.25, 0.3) is 0 Å². The Morgan fingerprint density at radius 1 is 1.47 bits per heavy atom. The minimum absolute atomic E-state index is 0.0116. The quantitative estimate of drug-likeness (QED) is 0.277. The second-order valence-electron chi connectivity index (χ2n) is 4.70. The largest absolute Gasteiger partial charge is 0.622 e. The average Bonchev–Trinajstić information content (AvgIpc) is 2.25. The number of amides is 1. The van der Waals surface area contributed by atoms with Crippen molar-refractivity contribution in [1.82, 2.24) is 10.4 Å². The molecule has 0 saturated carbocycles. The molecule has 0 aliphatic carbocycles. The normalized spacial score (nSPS) is 24.4. The molecule has 0 spiro atoms. The fraction of sp³-hybridized carbons (Fsp3) is 0.778. The Labute approximate surface area is 88.7 Å². The van der Waals surface area contributed by atoms with Crippen molar-refractivity contribution in [2.45, 2.75) is 38.9 Å². The second kappa shape index (κ2) is 3.18. The first-order valence-electron chi connectivity index (χ1n) is 4.70. The molecule has 86 valence electrons. The average molecular weight is 215 g/mol. The van der Waals surface area contributed by atoms with Crippen LogP contribution in [0.5, 0.6) is 0 Å².